The van der Waals surface area contributed by atoms with Gasteiger partial charge in [-0.1, -0.05) is 23.5 Å². The number of carbonyl (C=O) groups is 1. The van der Waals surface area contributed by atoms with Gasteiger partial charge in [0.15, 0.2) is 27.7 Å². The zero-order chi connectivity index (χ0) is 24.8. The van der Waals surface area contributed by atoms with Crippen LogP contribution in [0.25, 0.3) is 0 Å². The van der Waals surface area contributed by atoms with Gasteiger partial charge in [-0.3, -0.25) is 0 Å². The molecule has 0 amide bonds. The van der Waals surface area contributed by atoms with E-state index in [0.717, 1.165) is 0 Å². The maximum absolute atomic E-state index is 11.7. The summed E-state index contributed by atoms with van der Waals surface area (Å²) < 4.78 is 4.92. The molecule has 2 atom stereocenters. The molecule has 0 spiro atoms. The molecule has 2 aromatic heterocycles. The molecule has 0 aliphatic carbocycles. The minimum absolute atomic E-state index is 0. The summed E-state index contributed by atoms with van der Waals surface area (Å²) in [6, 6.07) is 0. The van der Waals surface area contributed by atoms with Crippen LogP contribution in [0.2, 0.25) is 0 Å². The van der Waals surface area contributed by atoms with Gasteiger partial charge in [-0.25, -0.2) is 24.7 Å². The summed E-state index contributed by atoms with van der Waals surface area (Å²) in [5.74, 6) is 0.490. The van der Waals surface area contributed by atoms with Gasteiger partial charge in [0.1, 0.15) is 17.2 Å². The molecule has 0 fully saturated rings. The summed E-state index contributed by atoms with van der Waals surface area (Å²) in [5, 5.41) is 34.5. The minimum Gasteiger partial charge on any atom is -1.00 e. The zero-order valence-electron chi connectivity index (χ0n) is 21.4. The third kappa shape index (κ3) is 13.7. The van der Waals surface area contributed by atoms with E-state index in [1.807, 2.05) is 12.5 Å². The third-order valence-corrected chi connectivity index (χ3v) is 4.89. The number of ether oxygens (including phenoxy) is 1. The van der Waals surface area contributed by atoms with Gasteiger partial charge < -0.3 is 32.1 Å². The van der Waals surface area contributed by atoms with Gasteiger partial charge in [0.2, 0.25) is 0 Å². The molecule has 0 aliphatic heterocycles. The average Bonchev–Trinajstić information content (AvgIpc) is 2.81. The Morgan fingerprint density at radius 2 is 1.51 bits per heavy atom. The number of hydrogen-bond donors (Lipinski definition) is 5. The van der Waals surface area contributed by atoms with Crippen molar-refractivity contribution in [1.29, 1.82) is 0 Å². The molecule has 2 rings (SSSR count). The molecule has 2 heterocycles. The van der Waals surface area contributed by atoms with Crippen LogP contribution in [-0.4, -0.2) is 103 Å². The fourth-order valence-electron chi connectivity index (χ4n) is 2.20. The number of nitrogens with one attached hydrogen (secondary N) is 2. The number of rotatable bonds is 11. The number of esters is 1. The van der Waals surface area contributed by atoms with Crippen molar-refractivity contribution in [3.63, 3.8) is 0 Å². The third-order valence-electron chi connectivity index (χ3n) is 3.77. The van der Waals surface area contributed by atoms with E-state index in [-0.39, 0.29) is 49.8 Å². The molecule has 15 heteroatoms. The largest absolute Gasteiger partial charge is 1.00 e. The van der Waals surface area contributed by atoms with Crippen molar-refractivity contribution in [3.05, 3.63) is 23.5 Å². The molecular formula is C20H36AlLiN6O5S2. The van der Waals surface area contributed by atoms with E-state index in [9.17, 15) is 9.90 Å². The Morgan fingerprint density at radius 3 is 1.97 bits per heavy atom. The Labute approximate surface area is 238 Å². The minimum atomic E-state index is -0.534. The first-order valence-corrected chi connectivity index (χ1v) is 12.6. The molecule has 0 radical (unpaired) electrons. The monoisotopic (exact) mass is 538 g/mol. The SMILES string of the molecule is CCOC(=O)c1cnc(SC)nc1NC[C@@H](C)O.CSc1ncc(CO)c(NC[C@@H](C)O)n1.[AlH3].[H-].[Li+]. The molecule has 0 unspecified atom stereocenters. The van der Waals surface area contributed by atoms with Crippen molar-refractivity contribution in [2.45, 2.75) is 49.9 Å². The second-order valence-electron chi connectivity index (χ2n) is 6.69. The molecule has 2 aromatic rings. The van der Waals surface area contributed by atoms with Gasteiger partial charge in [-0.05, 0) is 33.3 Å². The van der Waals surface area contributed by atoms with E-state index in [1.54, 1.807) is 27.0 Å². The molecule has 11 nitrogen and oxygen atoms in total. The summed E-state index contributed by atoms with van der Waals surface area (Å²) in [7, 11) is 0. The fraction of sp³-hybridized carbons (Fsp3) is 0.550. The molecule has 0 aliphatic rings. The van der Waals surface area contributed by atoms with Crippen LogP contribution >= 0.6 is 23.5 Å². The molecule has 0 saturated heterocycles. The summed E-state index contributed by atoms with van der Waals surface area (Å²) >= 11 is 2.80. The van der Waals surface area contributed by atoms with Crippen molar-refractivity contribution in [3.8, 4) is 0 Å². The molecule has 0 aromatic carbocycles. The van der Waals surface area contributed by atoms with Gasteiger partial charge in [0.05, 0.1) is 25.4 Å². The maximum Gasteiger partial charge on any atom is 1.00 e. The van der Waals surface area contributed by atoms with Crippen molar-refractivity contribution < 1.29 is 45.1 Å². The number of carbonyl (C=O) groups excluding carboxylic acids is 1. The van der Waals surface area contributed by atoms with Crippen LogP contribution in [0.1, 0.15) is 38.1 Å². The fourth-order valence-corrected chi connectivity index (χ4v) is 2.88. The molecular weight excluding hydrogens is 502 g/mol. The number of aliphatic hydroxyl groups excluding tert-OH is 3. The quantitative estimate of drug-likeness (QED) is 0.0890. The van der Waals surface area contributed by atoms with Crippen LogP contribution < -0.4 is 29.5 Å². The average molecular weight is 539 g/mol. The molecule has 35 heavy (non-hydrogen) atoms. The van der Waals surface area contributed by atoms with Crippen LogP contribution in [0.4, 0.5) is 11.6 Å². The number of nitrogens with zero attached hydrogens (tertiary/aromatic N) is 4. The molecule has 0 saturated carbocycles. The standard InChI is InChI=1S/C11H17N3O3S.C9H15N3O2S.Al.Li.4H/c1-4-17-10(16)8-6-13-11(18-3)14-9(8)12-5-7(2)15;1-6(14)3-10-8-7(5-13)4-11-9(12-8)15-2;;;;;;/h6-7,15H,4-5H2,1-3H3,(H,12,13,14);4,6,13-14H,3,5H2,1-2H3,(H,10,11,12);;;;;;/q;;;+1;;;;-1/t7-;6-;;;;;;/m11....../s1. The summed E-state index contributed by atoms with van der Waals surface area (Å²) in [5.41, 5.74) is 0.906. The smallest absolute Gasteiger partial charge is 1.00 e. The molecule has 5 N–H and O–H groups in total. The Kier molecular flexibility index (Phi) is 20.7. The molecule has 0 bridgehead atoms. The van der Waals surface area contributed by atoms with E-state index in [2.05, 4.69) is 30.6 Å². The second kappa shape index (κ2) is 20.0. The van der Waals surface area contributed by atoms with Crippen molar-refractivity contribution in [2.75, 3.05) is 42.8 Å². The van der Waals surface area contributed by atoms with Gasteiger partial charge in [0, 0.05) is 31.0 Å². The number of aliphatic hydroxyl groups is 3. The van der Waals surface area contributed by atoms with Gasteiger partial charge in [-0.2, -0.15) is 0 Å². The van der Waals surface area contributed by atoms with Crippen LogP contribution in [0, 0.1) is 0 Å². The van der Waals surface area contributed by atoms with E-state index in [4.69, 9.17) is 14.9 Å². The van der Waals surface area contributed by atoms with Crippen LogP contribution in [0.3, 0.4) is 0 Å². The van der Waals surface area contributed by atoms with Crippen LogP contribution in [0.5, 0.6) is 0 Å². The van der Waals surface area contributed by atoms with Crippen molar-refractivity contribution >= 4 is 58.5 Å². The first-order valence-electron chi connectivity index (χ1n) is 10.2. The first-order chi connectivity index (χ1) is 15.7. The van der Waals surface area contributed by atoms with Crippen LogP contribution in [-0.2, 0) is 11.3 Å². The van der Waals surface area contributed by atoms with E-state index in [0.29, 0.717) is 47.2 Å². The van der Waals surface area contributed by atoms with Gasteiger partial charge >= 0.3 is 24.8 Å². The normalized spacial score (nSPS) is 11.5. The summed E-state index contributed by atoms with van der Waals surface area (Å²) in [4.78, 5) is 28.2. The Bertz CT molecular complexity index is 892. The van der Waals surface area contributed by atoms with Crippen LogP contribution in [0.15, 0.2) is 22.7 Å². The Hall–Kier alpha value is -1.06. The number of thioether (sulfide) groups is 2. The van der Waals surface area contributed by atoms with Crippen molar-refractivity contribution in [1.82, 2.24) is 19.9 Å². The Balaban J connectivity index is -0.000000566. The predicted molar refractivity (Wildman–Crippen MR) is 141 cm³/mol. The topological polar surface area (TPSA) is 163 Å². The zero-order valence-corrected chi connectivity index (χ0v) is 22.0. The van der Waals surface area contributed by atoms with E-state index in [1.165, 1.54) is 29.7 Å². The number of hydrogen-bond acceptors (Lipinski definition) is 13. The summed E-state index contributed by atoms with van der Waals surface area (Å²) in [6.07, 6.45) is 5.76. The predicted octanol–water partition coefficient (Wildman–Crippen LogP) is -2.42. The second-order valence-corrected chi connectivity index (χ2v) is 8.23. The number of anilines is 2. The van der Waals surface area contributed by atoms with E-state index < -0.39 is 18.2 Å². The van der Waals surface area contributed by atoms with Gasteiger partial charge in [-0.15, -0.1) is 0 Å². The Morgan fingerprint density at radius 1 is 1.03 bits per heavy atom. The van der Waals surface area contributed by atoms with E-state index >= 15 is 0 Å². The van der Waals surface area contributed by atoms with Crippen molar-refractivity contribution in [2.24, 2.45) is 0 Å². The molecule has 192 valence electrons. The van der Waals surface area contributed by atoms with Gasteiger partial charge in [0.25, 0.3) is 0 Å². The maximum atomic E-state index is 11.7. The summed E-state index contributed by atoms with van der Waals surface area (Å²) in [6.45, 7) is 5.94. The first kappa shape index (κ1) is 36.1. The number of aromatic nitrogens is 4.